The molecule has 0 atom stereocenters. The monoisotopic (exact) mass is 249 g/mol. The first-order valence-corrected chi connectivity index (χ1v) is 6.30. The molecule has 0 saturated carbocycles. The molecule has 1 saturated heterocycles. The van der Waals surface area contributed by atoms with E-state index in [-0.39, 0.29) is 12.5 Å². The van der Waals surface area contributed by atoms with E-state index in [9.17, 15) is 4.79 Å². The van der Waals surface area contributed by atoms with Crippen LogP contribution in [0.2, 0.25) is 0 Å². The number of rotatable bonds is 3. The Morgan fingerprint density at radius 1 is 1.33 bits per heavy atom. The SMILES string of the molecule is Cc1ccc(OCC(=O)N2CCCCO2)cc1C. The highest BCUT2D eigenvalue weighted by atomic mass is 16.7. The normalized spacial score (nSPS) is 15.6. The van der Waals surface area contributed by atoms with Crippen molar-refractivity contribution in [1.29, 1.82) is 0 Å². The van der Waals surface area contributed by atoms with Gasteiger partial charge in [-0.2, -0.15) is 0 Å². The van der Waals surface area contributed by atoms with Crippen LogP contribution in [0.5, 0.6) is 5.75 Å². The first-order chi connectivity index (χ1) is 8.66. The molecule has 1 heterocycles. The predicted molar refractivity (Wildman–Crippen MR) is 68.3 cm³/mol. The van der Waals surface area contributed by atoms with Crippen LogP contribution in [0.4, 0.5) is 0 Å². The van der Waals surface area contributed by atoms with E-state index in [1.54, 1.807) is 0 Å². The van der Waals surface area contributed by atoms with E-state index in [0.717, 1.165) is 24.2 Å². The molecular formula is C14H19NO3. The fourth-order valence-corrected chi connectivity index (χ4v) is 1.81. The summed E-state index contributed by atoms with van der Waals surface area (Å²) in [7, 11) is 0. The maximum absolute atomic E-state index is 11.8. The third kappa shape index (κ3) is 3.23. The zero-order valence-electron chi connectivity index (χ0n) is 10.9. The van der Waals surface area contributed by atoms with Gasteiger partial charge in [-0.1, -0.05) is 6.07 Å². The van der Waals surface area contributed by atoms with Crippen LogP contribution in [-0.2, 0) is 9.63 Å². The fourth-order valence-electron chi connectivity index (χ4n) is 1.81. The van der Waals surface area contributed by atoms with Gasteiger partial charge < -0.3 is 4.74 Å². The van der Waals surface area contributed by atoms with Gasteiger partial charge in [0.15, 0.2) is 6.61 Å². The second kappa shape index (κ2) is 5.87. The zero-order chi connectivity index (χ0) is 13.0. The van der Waals surface area contributed by atoms with Gasteiger partial charge in [0, 0.05) is 6.54 Å². The van der Waals surface area contributed by atoms with E-state index in [4.69, 9.17) is 9.57 Å². The number of aryl methyl sites for hydroxylation is 2. The quantitative estimate of drug-likeness (QED) is 0.824. The average Bonchev–Trinajstić information content (AvgIpc) is 2.41. The van der Waals surface area contributed by atoms with Crippen LogP contribution in [-0.4, -0.2) is 30.7 Å². The summed E-state index contributed by atoms with van der Waals surface area (Å²) in [5, 5.41) is 1.41. The summed E-state index contributed by atoms with van der Waals surface area (Å²) in [5.74, 6) is 0.608. The second-order valence-corrected chi connectivity index (χ2v) is 4.57. The van der Waals surface area contributed by atoms with Crippen LogP contribution in [0.25, 0.3) is 0 Å². The van der Waals surface area contributed by atoms with Crippen molar-refractivity contribution in [3.63, 3.8) is 0 Å². The van der Waals surface area contributed by atoms with Crippen LogP contribution in [0.1, 0.15) is 24.0 Å². The third-order valence-corrected chi connectivity index (χ3v) is 3.12. The van der Waals surface area contributed by atoms with Crippen molar-refractivity contribution in [2.45, 2.75) is 26.7 Å². The molecule has 4 nitrogen and oxygen atoms in total. The molecule has 0 spiro atoms. The minimum Gasteiger partial charge on any atom is -0.484 e. The van der Waals surface area contributed by atoms with E-state index in [1.165, 1.54) is 10.6 Å². The van der Waals surface area contributed by atoms with Crippen molar-refractivity contribution in [2.24, 2.45) is 0 Å². The summed E-state index contributed by atoms with van der Waals surface area (Å²) in [6.45, 7) is 5.39. The molecular weight excluding hydrogens is 230 g/mol. The molecule has 0 aliphatic carbocycles. The van der Waals surface area contributed by atoms with Gasteiger partial charge in [0.2, 0.25) is 0 Å². The molecule has 1 aromatic rings. The topological polar surface area (TPSA) is 38.8 Å². The summed E-state index contributed by atoms with van der Waals surface area (Å²) in [6.07, 6.45) is 2.01. The Kier molecular flexibility index (Phi) is 4.20. The predicted octanol–water partition coefficient (Wildman–Crippen LogP) is 2.24. The van der Waals surface area contributed by atoms with Crippen molar-refractivity contribution in [3.8, 4) is 5.75 Å². The Labute approximate surface area is 107 Å². The molecule has 0 aromatic heterocycles. The number of hydrogen-bond donors (Lipinski definition) is 0. The van der Waals surface area contributed by atoms with Crippen LogP contribution in [0.15, 0.2) is 18.2 Å². The van der Waals surface area contributed by atoms with E-state index < -0.39 is 0 Å². The summed E-state index contributed by atoms with van der Waals surface area (Å²) >= 11 is 0. The zero-order valence-corrected chi connectivity index (χ0v) is 10.9. The van der Waals surface area contributed by atoms with Crippen molar-refractivity contribution in [3.05, 3.63) is 29.3 Å². The molecule has 0 bridgehead atoms. The lowest BCUT2D eigenvalue weighted by atomic mass is 10.1. The highest BCUT2D eigenvalue weighted by Crippen LogP contribution is 2.16. The van der Waals surface area contributed by atoms with Gasteiger partial charge in [-0.15, -0.1) is 0 Å². The highest BCUT2D eigenvalue weighted by Gasteiger charge is 2.18. The van der Waals surface area contributed by atoms with Gasteiger partial charge >= 0.3 is 0 Å². The number of benzene rings is 1. The number of carbonyl (C=O) groups excluding carboxylic acids is 1. The molecule has 1 aliphatic rings. The van der Waals surface area contributed by atoms with Crippen molar-refractivity contribution < 1.29 is 14.4 Å². The van der Waals surface area contributed by atoms with E-state index in [0.29, 0.717) is 13.2 Å². The van der Waals surface area contributed by atoms with Gasteiger partial charge in [-0.3, -0.25) is 9.63 Å². The maximum atomic E-state index is 11.8. The van der Waals surface area contributed by atoms with Crippen LogP contribution >= 0.6 is 0 Å². The molecule has 1 aromatic carbocycles. The number of amides is 1. The van der Waals surface area contributed by atoms with Gasteiger partial charge in [0.05, 0.1) is 6.61 Å². The Morgan fingerprint density at radius 3 is 2.83 bits per heavy atom. The van der Waals surface area contributed by atoms with E-state index in [2.05, 4.69) is 0 Å². The first kappa shape index (κ1) is 12.9. The van der Waals surface area contributed by atoms with Crippen molar-refractivity contribution in [1.82, 2.24) is 5.06 Å². The molecule has 1 fully saturated rings. The largest absolute Gasteiger partial charge is 0.484 e. The Morgan fingerprint density at radius 2 is 2.17 bits per heavy atom. The Balaban J connectivity index is 1.86. The number of hydrogen-bond acceptors (Lipinski definition) is 3. The molecule has 1 aliphatic heterocycles. The Hall–Kier alpha value is -1.55. The van der Waals surface area contributed by atoms with Crippen LogP contribution in [0, 0.1) is 13.8 Å². The molecule has 0 unspecified atom stereocenters. The fraction of sp³-hybridized carbons (Fsp3) is 0.500. The van der Waals surface area contributed by atoms with E-state index in [1.807, 2.05) is 32.0 Å². The molecule has 98 valence electrons. The number of nitrogens with zero attached hydrogens (tertiary/aromatic N) is 1. The molecule has 1 amide bonds. The van der Waals surface area contributed by atoms with Crippen LogP contribution < -0.4 is 4.74 Å². The third-order valence-electron chi connectivity index (χ3n) is 3.12. The van der Waals surface area contributed by atoms with Crippen LogP contribution in [0.3, 0.4) is 0 Å². The lowest BCUT2D eigenvalue weighted by molar-refractivity contribution is -0.198. The lowest BCUT2D eigenvalue weighted by Gasteiger charge is -2.25. The Bertz CT molecular complexity index is 425. The smallest absolute Gasteiger partial charge is 0.283 e. The first-order valence-electron chi connectivity index (χ1n) is 6.30. The maximum Gasteiger partial charge on any atom is 0.283 e. The van der Waals surface area contributed by atoms with Gasteiger partial charge in [0.1, 0.15) is 5.75 Å². The average molecular weight is 249 g/mol. The van der Waals surface area contributed by atoms with Crippen molar-refractivity contribution >= 4 is 5.91 Å². The lowest BCUT2D eigenvalue weighted by Crippen LogP contribution is -2.38. The van der Waals surface area contributed by atoms with Gasteiger partial charge in [-0.05, 0) is 49.9 Å². The molecule has 0 N–H and O–H groups in total. The van der Waals surface area contributed by atoms with Gasteiger partial charge in [0.25, 0.3) is 5.91 Å². The summed E-state index contributed by atoms with van der Waals surface area (Å²) < 4.78 is 5.49. The number of ether oxygens (including phenoxy) is 1. The summed E-state index contributed by atoms with van der Waals surface area (Å²) in [4.78, 5) is 17.1. The van der Waals surface area contributed by atoms with Crippen molar-refractivity contribution in [2.75, 3.05) is 19.8 Å². The minimum absolute atomic E-state index is 0.0303. The highest BCUT2D eigenvalue weighted by molar-refractivity contribution is 5.76. The molecule has 4 heteroatoms. The van der Waals surface area contributed by atoms with Gasteiger partial charge in [-0.25, -0.2) is 5.06 Å². The standard InChI is InChI=1S/C14H19NO3/c1-11-5-6-13(9-12(11)2)17-10-14(16)15-7-3-4-8-18-15/h5-6,9H,3-4,7-8,10H2,1-2H3. The second-order valence-electron chi connectivity index (χ2n) is 4.57. The molecule has 2 rings (SSSR count). The summed E-state index contributed by atoms with van der Waals surface area (Å²) in [6, 6.07) is 5.82. The minimum atomic E-state index is -0.118. The summed E-state index contributed by atoms with van der Waals surface area (Å²) in [5.41, 5.74) is 2.38. The molecule has 18 heavy (non-hydrogen) atoms. The molecule has 0 radical (unpaired) electrons. The number of hydroxylamine groups is 2. The van der Waals surface area contributed by atoms with E-state index >= 15 is 0 Å². The number of carbonyl (C=O) groups is 1.